The van der Waals surface area contributed by atoms with Crippen molar-refractivity contribution in [2.24, 2.45) is 5.92 Å². The Balaban J connectivity index is 0.000000178. The number of benzene rings is 1. The van der Waals surface area contributed by atoms with Crippen molar-refractivity contribution in [3.05, 3.63) is 66.4 Å². The summed E-state index contributed by atoms with van der Waals surface area (Å²) >= 11 is 0. The average Bonchev–Trinajstić information content (AvgIpc) is 3.53. The number of aromatic nitrogens is 3. The lowest BCUT2D eigenvalue weighted by molar-refractivity contribution is -0.105. The van der Waals surface area contributed by atoms with Crippen LogP contribution in [-0.4, -0.2) is 33.9 Å². The smallest absolute Gasteiger partial charge is 0.211 e. The minimum absolute atomic E-state index is 0. The Morgan fingerprint density at radius 2 is 1.94 bits per heavy atom. The number of rotatable bonds is 5. The largest absolute Gasteiger partial charge is 0.353 e. The number of pyridine rings is 1. The maximum atomic E-state index is 12.7. The molecular formula is C24H28FN5O. The highest BCUT2D eigenvalue weighted by Crippen LogP contribution is 2.41. The van der Waals surface area contributed by atoms with Crippen molar-refractivity contribution in [1.29, 1.82) is 0 Å². The maximum absolute atomic E-state index is 12.7. The quantitative estimate of drug-likeness (QED) is 0.596. The van der Waals surface area contributed by atoms with Crippen LogP contribution in [0.4, 0.5) is 15.9 Å². The molecule has 1 atom stereocenters. The molecule has 31 heavy (non-hydrogen) atoms. The molecule has 2 aromatic heterocycles. The van der Waals surface area contributed by atoms with E-state index in [0.29, 0.717) is 17.9 Å². The third-order valence-corrected chi connectivity index (χ3v) is 5.73. The molecular weight excluding hydrogens is 393 g/mol. The van der Waals surface area contributed by atoms with Crippen molar-refractivity contribution in [1.82, 2.24) is 15.0 Å². The van der Waals surface area contributed by atoms with Gasteiger partial charge in [-0.1, -0.05) is 12.1 Å². The molecule has 0 unspecified atom stereocenters. The first-order valence-corrected chi connectivity index (χ1v) is 10.6. The molecule has 2 aliphatic rings. The van der Waals surface area contributed by atoms with E-state index in [1.54, 1.807) is 12.1 Å². The Bertz CT molecular complexity index is 1010. The summed E-state index contributed by atoms with van der Waals surface area (Å²) in [7, 11) is 0. The SMILES string of the molecule is Cc1ccc(NC=O)cc1-c1ncc(F)cn1.[HH].c1ccc(N2CCC[C@H]2C2CC2)nc1. The monoisotopic (exact) mass is 421 g/mol. The van der Waals surface area contributed by atoms with Crippen molar-refractivity contribution >= 4 is 17.9 Å². The lowest BCUT2D eigenvalue weighted by atomic mass is 10.1. The second-order valence-electron chi connectivity index (χ2n) is 7.95. The minimum Gasteiger partial charge on any atom is -0.353 e. The van der Waals surface area contributed by atoms with Gasteiger partial charge in [0.25, 0.3) is 0 Å². The number of aryl methyl sites for hydroxylation is 1. The molecule has 0 spiro atoms. The summed E-state index contributed by atoms with van der Waals surface area (Å²) in [5.74, 6) is 2.11. The van der Waals surface area contributed by atoms with Crippen molar-refractivity contribution in [3.63, 3.8) is 0 Å². The molecule has 1 amide bonds. The molecule has 162 valence electrons. The van der Waals surface area contributed by atoms with E-state index >= 15 is 0 Å². The molecule has 3 aromatic rings. The Hall–Kier alpha value is -3.35. The third kappa shape index (κ3) is 5.23. The van der Waals surface area contributed by atoms with Crippen molar-refractivity contribution in [2.45, 2.75) is 38.6 Å². The zero-order valence-corrected chi connectivity index (χ0v) is 17.5. The van der Waals surface area contributed by atoms with Crippen LogP contribution in [0.1, 0.15) is 32.7 Å². The minimum atomic E-state index is -0.478. The van der Waals surface area contributed by atoms with Crippen LogP contribution in [0.2, 0.25) is 0 Å². The van der Waals surface area contributed by atoms with Crippen molar-refractivity contribution in [3.8, 4) is 11.4 Å². The van der Waals surface area contributed by atoms with Gasteiger partial charge >= 0.3 is 0 Å². The molecule has 0 bridgehead atoms. The highest BCUT2D eigenvalue weighted by molar-refractivity contribution is 5.75. The van der Waals surface area contributed by atoms with Crippen molar-refractivity contribution < 1.29 is 10.6 Å². The number of nitrogens with one attached hydrogen (secondary N) is 1. The Morgan fingerprint density at radius 1 is 1.13 bits per heavy atom. The average molecular weight is 422 g/mol. The molecule has 1 aromatic carbocycles. The Kier molecular flexibility index (Phi) is 6.50. The van der Waals surface area contributed by atoms with Gasteiger partial charge in [-0.3, -0.25) is 4.79 Å². The molecule has 3 heterocycles. The predicted octanol–water partition coefficient (Wildman–Crippen LogP) is 4.87. The molecule has 7 heteroatoms. The van der Waals surface area contributed by atoms with E-state index in [9.17, 15) is 9.18 Å². The van der Waals surface area contributed by atoms with Gasteiger partial charge in [0, 0.05) is 31.5 Å². The van der Waals surface area contributed by atoms with Crippen LogP contribution in [0.5, 0.6) is 0 Å². The van der Waals surface area contributed by atoms with Gasteiger partial charge in [-0.2, -0.15) is 0 Å². The first-order chi connectivity index (χ1) is 15.2. The zero-order valence-electron chi connectivity index (χ0n) is 17.5. The first-order valence-electron chi connectivity index (χ1n) is 10.6. The first kappa shape index (κ1) is 20.9. The highest BCUT2D eigenvalue weighted by Gasteiger charge is 2.38. The second-order valence-corrected chi connectivity index (χ2v) is 7.95. The molecule has 2 fully saturated rings. The molecule has 1 saturated heterocycles. The van der Waals surface area contributed by atoms with E-state index in [0.717, 1.165) is 35.5 Å². The summed E-state index contributed by atoms with van der Waals surface area (Å²) in [6, 6.07) is 12.4. The van der Waals surface area contributed by atoms with Crippen LogP contribution in [-0.2, 0) is 4.79 Å². The van der Waals surface area contributed by atoms with Crippen molar-refractivity contribution in [2.75, 3.05) is 16.8 Å². The van der Waals surface area contributed by atoms with Gasteiger partial charge in [-0.25, -0.2) is 19.3 Å². The molecule has 0 radical (unpaired) electrons. The third-order valence-electron chi connectivity index (χ3n) is 5.73. The summed E-state index contributed by atoms with van der Waals surface area (Å²) in [4.78, 5) is 25.1. The van der Waals surface area contributed by atoms with E-state index < -0.39 is 5.82 Å². The number of halogens is 1. The number of hydrogen-bond donors (Lipinski definition) is 1. The van der Waals surface area contributed by atoms with Gasteiger partial charge in [-0.15, -0.1) is 0 Å². The van der Waals surface area contributed by atoms with Gasteiger partial charge in [0.1, 0.15) is 5.82 Å². The number of carbonyl (C=O) groups excluding carboxylic acids is 1. The standard InChI is InChI=1S/C12H10FN3O.C12H16N2.H2/c1-8-2-3-10(16-7-17)4-11(8)12-14-5-9(13)6-15-12;1-2-8-13-12(5-1)14-9-3-4-11(14)10-6-7-10;/h2-7H,1H3,(H,16,17);1-2,5,8,10-11H,3-4,6-7,9H2;1H/t;11-;/m.0./s1. The van der Waals surface area contributed by atoms with Crippen LogP contribution >= 0.6 is 0 Å². The fourth-order valence-electron chi connectivity index (χ4n) is 4.04. The van der Waals surface area contributed by atoms with Gasteiger partial charge in [-0.05, 0) is 68.4 Å². The van der Waals surface area contributed by atoms with Gasteiger partial charge in [0.15, 0.2) is 11.6 Å². The number of anilines is 2. The number of amides is 1. The van der Waals surface area contributed by atoms with E-state index in [2.05, 4.69) is 37.3 Å². The van der Waals surface area contributed by atoms with Gasteiger partial charge < -0.3 is 10.2 Å². The van der Waals surface area contributed by atoms with E-state index in [1.807, 2.05) is 25.3 Å². The number of nitrogens with zero attached hydrogens (tertiary/aromatic N) is 4. The number of carbonyl (C=O) groups is 1. The second kappa shape index (κ2) is 9.64. The lowest BCUT2D eigenvalue weighted by Gasteiger charge is -2.25. The molecule has 5 rings (SSSR count). The topological polar surface area (TPSA) is 71.0 Å². The van der Waals surface area contributed by atoms with Crippen LogP contribution < -0.4 is 10.2 Å². The lowest BCUT2D eigenvalue weighted by Crippen LogP contribution is -2.31. The summed E-state index contributed by atoms with van der Waals surface area (Å²) in [6.07, 6.45) is 10.3. The summed E-state index contributed by atoms with van der Waals surface area (Å²) < 4.78 is 12.7. The Labute approximate surface area is 183 Å². The van der Waals surface area contributed by atoms with E-state index in [4.69, 9.17) is 0 Å². The molecule has 1 N–H and O–H groups in total. The van der Waals surface area contributed by atoms with E-state index in [1.165, 1.54) is 38.0 Å². The summed E-state index contributed by atoms with van der Waals surface area (Å²) in [6.45, 7) is 3.10. The molecule has 1 aliphatic carbocycles. The molecule has 1 aliphatic heterocycles. The fourth-order valence-corrected chi connectivity index (χ4v) is 4.04. The Morgan fingerprint density at radius 3 is 2.61 bits per heavy atom. The summed E-state index contributed by atoms with van der Waals surface area (Å²) in [5, 5.41) is 2.55. The number of hydrogen-bond acceptors (Lipinski definition) is 5. The van der Waals surface area contributed by atoms with Gasteiger partial charge in [0.05, 0.1) is 12.4 Å². The van der Waals surface area contributed by atoms with Crippen LogP contribution in [0.15, 0.2) is 55.0 Å². The normalized spacial score (nSPS) is 17.6. The van der Waals surface area contributed by atoms with Crippen LogP contribution in [0.3, 0.4) is 0 Å². The predicted molar refractivity (Wildman–Crippen MR) is 121 cm³/mol. The highest BCUT2D eigenvalue weighted by atomic mass is 19.1. The van der Waals surface area contributed by atoms with Crippen LogP contribution in [0.25, 0.3) is 11.4 Å². The van der Waals surface area contributed by atoms with Crippen LogP contribution in [0, 0.1) is 18.7 Å². The van der Waals surface area contributed by atoms with Gasteiger partial charge in [0.2, 0.25) is 6.41 Å². The fraction of sp³-hybridized carbons (Fsp3) is 0.333. The summed E-state index contributed by atoms with van der Waals surface area (Å²) in [5.41, 5.74) is 2.36. The van der Waals surface area contributed by atoms with E-state index in [-0.39, 0.29) is 1.43 Å². The maximum Gasteiger partial charge on any atom is 0.211 e. The molecule has 6 nitrogen and oxygen atoms in total. The molecule has 1 saturated carbocycles. The zero-order chi connectivity index (χ0) is 21.6.